The molecule has 1 aliphatic carbocycles. The van der Waals surface area contributed by atoms with Crippen molar-refractivity contribution in [2.24, 2.45) is 5.73 Å². The number of nitrogens with two attached hydrogens (primary N) is 1. The maximum Gasteiger partial charge on any atom is 0.245 e. The summed E-state index contributed by atoms with van der Waals surface area (Å²) in [5.74, 6) is -0.216. The van der Waals surface area contributed by atoms with Crippen molar-refractivity contribution in [3.05, 3.63) is 53.6 Å². The fourth-order valence-corrected chi connectivity index (χ4v) is 4.09. The quantitative estimate of drug-likeness (QED) is 0.631. The summed E-state index contributed by atoms with van der Waals surface area (Å²) in [6.45, 7) is 1.95. The van der Waals surface area contributed by atoms with E-state index in [0.717, 1.165) is 18.4 Å². The number of halogens is 1. The summed E-state index contributed by atoms with van der Waals surface area (Å²) in [6, 6.07) is 10.9. The van der Waals surface area contributed by atoms with E-state index in [-0.39, 0.29) is 29.1 Å². The first kappa shape index (κ1) is 22.2. The van der Waals surface area contributed by atoms with Crippen LogP contribution in [-0.4, -0.2) is 27.5 Å². The van der Waals surface area contributed by atoms with E-state index in [0.29, 0.717) is 11.3 Å². The van der Waals surface area contributed by atoms with Crippen LogP contribution in [0.4, 0.5) is 5.69 Å². The predicted octanol–water partition coefficient (Wildman–Crippen LogP) is 2.50. The highest BCUT2D eigenvalue weighted by molar-refractivity contribution is 7.89. The van der Waals surface area contributed by atoms with Gasteiger partial charge in [0, 0.05) is 11.7 Å². The molecule has 0 radical (unpaired) electrons. The molecule has 2 aromatic carbocycles. The van der Waals surface area contributed by atoms with Crippen molar-refractivity contribution in [2.45, 2.75) is 36.7 Å². The second kappa shape index (κ2) is 8.91. The molecule has 9 heteroatoms. The summed E-state index contributed by atoms with van der Waals surface area (Å²) in [5.41, 5.74) is 8.10. The van der Waals surface area contributed by atoms with Crippen molar-refractivity contribution >= 4 is 34.0 Å². The van der Waals surface area contributed by atoms with E-state index in [1.165, 1.54) is 19.2 Å². The number of methoxy groups -OCH3 is 1. The number of hydrogen-bond acceptors (Lipinski definition) is 5. The van der Waals surface area contributed by atoms with Gasteiger partial charge in [-0.1, -0.05) is 29.8 Å². The second-order valence-electron chi connectivity index (χ2n) is 6.64. The Balaban J connectivity index is 0.00000280. The van der Waals surface area contributed by atoms with Gasteiger partial charge in [-0.2, -0.15) is 0 Å². The Kier molecular flexibility index (Phi) is 7.06. The highest BCUT2D eigenvalue weighted by atomic mass is 35.5. The molecule has 0 spiro atoms. The van der Waals surface area contributed by atoms with Crippen LogP contribution in [0, 0.1) is 6.92 Å². The van der Waals surface area contributed by atoms with Crippen LogP contribution in [0.5, 0.6) is 5.75 Å². The normalized spacial score (nSPS) is 14.7. The van der Waals surface area contributed by atoms with E-state index >= 15 is 0 Å². The highest BCUT2D eigenvalue weighted by Gasteiger charge is 2.30. The standard InChI is InChI=1S/C19H23N3O4S.ClH/c1-12-3-5-13(6-4-12)18(20)19(23)21-15-9-10-16(26-2)17(11-15)27(24,25)22-14-7-8-14;/h3-6,9-11,14,18,22H,7-8,20H2,1-2H3,(H,21,23);1H. The molecule has 28 heavy (non-hydrogen) atoms. The summed E-state index contributed by atoms with van der Waals surface area (Å²) in [6.07, 6.45) is 1.65. The molecule has 1 saturated carbocycles. The zero-order chi connectivity index (χ0) is 19.6. The van der Waals surface area contributed by atoms with Gasteiger partial charge in [-0.15, -0.1) is 12.4 Å². The largest absolute Gasteiger partial charge is 0.495 e. The summed E-state index contributed by atoms with van der Waals surface area (Å²) >= 11 is 0. The third-order valence-electron chi connectivity index (χ3n) is 4.34. The van der Waals surface area contributed by atoms with Gasteiger partial charge in [-0.05, 0) is 43.5 Å². The van der Waals surface area contributed by atoms with Gasteiger partial charge in [-0.3, -0.25) is 4.79 Å². The molecule has 1 unspecified atom stereocenters. The number of carbonyl (C=O) groups is 1. The van der Waals surface area contributed by atoms with Gasteiger partial charge < -0.3 is 15.8 Å². The molecule has 0 heterocycles. The first-order valence-electron chi connectivity index (χ1n) is 8.63. The van der Waals surface area contributed by atoms with Crippen LogP contribution in [0.1, 0.15) is 30.0 Å². The van der Waals surface area contributed by atoms with Crippen LogP contribution in [-0.2, 0) is 14.8 Å². The molecule has 0 saturated heterocycles. The number of ether oxygens (including phenoxy) is 1. The molecule has 1 amide bonds. The van der Waals surface area contributed by atoms with Gasteiger partial charge in [-0.25, -0.2) is 13.1 Å². The van der Waals surface area contributed by atoms with Gasteiger partial charge >= 0.3 is 0 Å². The Morgan fingerprint density at radius 2 is 1.82 bits per heavy atom. The molecule has 7 nitrogen and oxygen atoms in total. The summed E-state index contributed by atoms with van der Waals surface area (Å²) in [4.78, 5) is 12.5. The van der Waals surface area contributed by atoms with Crippen LogP contribution in [0.25, 0.3) is 0 Å². The highest BCUT2D eigenvalue weighted by Crippen LogP contribution is 2.30. The average molecular weight is 426 g/mol. The molecular weight excluding hydrogens is 402 g/mol. The Hall–Kier alpha value is -2.13. The Morgan fingerprint density at radius 1 is 1.18 bits per heavy atom. The number of sulfonamides is 1. The predicted molar refractivity (Wildman–Crippen MR) is 110 cm³/mol. The lowest BCUT2D eigenvalue weighted by molar-refractivity contribution is -0.117. The molecule has 0 aromatic heterocycles. The van der Waals surface area contributed by atoms with Gasteiger partial charge in [0.25, 0.3) is 0 Å². The van der Waals surface area contributed by atoms with Crippen LogP contribution in [0.3, 0.4) is 0 Å². The van der Waals surface area contributed by atoms with Crippen LogP contribution < -0.4 is 20.5 Å². The summed E-state index contributed by atoms with van der Waals surface area (Å²) in [7, 11) is -2.33. The number of hydrogen-bond donors (Lipinski definition) is 3. The molecule has 0 aliphatic heterocycles. The first-order chi connectivity index (χ1) is 12.8. The minimum absolute atomic E-state index is 0. The molecule has 0 bridgehead atoms. The zero-order valence-corrected chi connectivity index (χ0v) is 17.3. The zero-order valence-electron chi connectivity index (χ0n) is 15.6. The van der Waals surface area contributed by atoms with Crippen LogP contribution >= 0.6 is 12.4 Å². The fourth-order valence-electron chi connectivity index (χ4n) is 2.59. The van der Waals surface area contributed by atoms with Crippen molar-refractivity contribution in [1.82, 2.24) is 4.72 Å². The van der Waals surface area contributed by atoms with Crippen molar-refractivity contribution in [2.75, 3.05) is 12.4 Å². The van der Waals surface area contributed by atoms with Gasteiger partial charge in [0.15, 0.2) is 0 Å². The molecule has 1 atom stereocenters. The second-order valence-corrected chi connectivity index (χ2v) is 8.32. The number of aryl methyl sites for hydroxylation is 1. The topological polar surface area (TPSA) is 111 Å². The lowest BCUT2D eigenvalue weighted by Gasteiger charge is -2.15. The van der Waals surface area contributed by atoms with Crippen LogP contribution in [0.2, 0.25) is 0 Å². The van der Waals surface area contributed by atoms with Gasteiger partial charge in [0.05, 0.1) is 7.11 Å². The number of anilines is 1. The van der Waals surface area contributed by atoms with Crippen LogP contribution in [0.15, 0.2) is 47.4 Å². The fraction of sp³-hybridized carbons (Fsp3) is 0.316. The SMILES string of the molecule is COc1ccc(NC(=O)C(N)c2ccc(C)cc2)cc1S(=O)(=O)NC1CC1.Cl. The summed E-state index contributed by atoms with van der Waals surface area (Å²) in [5, 5.41) is 2.68. The van der Waals surface area contributed by atoms with Crippen molar-refractivity contribution in [3.63, 3.8) is 0 Å². The molecule has 3 rings (SSSR count). The molecule has 152 valence electrons. The lowest BCUT2D eigenvalue weighted by Crippen LogP contribution is -2.28. The van der Waals surface area contributed by atoms with Gasteiger partial charge in [0.1, 0.15) is 16.7 Å². The minimum Gasteiger partial charge on any atom is -0.495 e. The monoisotopic (exact) mass is 425 g/mol. The minimum atomic E-state index is -3.73. The Labute approximate surface area is 171 Å². The number of nitrogens with one attached hydrogen (secondary N) is 2. The average Bonchev–Trinajstić information content (AvgIpc) is 3.45. The van der Waals surface area contributed by atoms with E-state index < -0.39 is 22.0 Å². The molecule has 2 aromatic rings. The van der Waals surface area contributed by atoms with Gasteiger partial charge in [0.2, 0.25) is 15.9 Å². The van der Waals surface area contributed by atoms with Crippen molar-refractivity contribution < 1.29 is 17.9 Å². The summed E-state index contributed by atoms with van der Waals surface area (Å²) < 4.78 is 32.9. The molecular formula is C19H24ClN3O4S. The third kappa shape index (κ3) is 5.23. The van der Waals surface area contributed by atoms with E-state index in [4.69, 9.17) is 10.5 Å². The van der Waals surface area contributed by atoms with E-state index in [2.05, 4.69) is 10.0 Å². The smallest absolute Gasteiger partial charge is 0.245 e. The number of benzene rings is 2. The Morgan fingerprint density at radius 3 is 2.39 bits per heavy atom. The lowest BCUT2D eigenvalue weighted by atomic mass is 10.1. The number of carbonyl (C=O) groups excluding carboxylic acids is 1. The number of amides is 1. The Bertz CT molecular complexity index is 944. The van der Waals surface area contributed by atoms with E-state index in [9.17, 15) is 13.2 Å². The number of rotatable bonds is 7. The molecule has 1 aliphatic rings. The third-order valence-corrected chi connectivity index (χ3v) is 5.88. The van der Waals surface area contributed by atoms with Crippen molar-refractivity contribution in [3.8, 4) is 5.75 Å². The molecule has 4 N–H and O–H groups in total. The van der Waals surface area contributed by atoms with Crippen molar-refractivity contribution in [1.29, 1.82) is 0 Å². The maximum absolute atomic E-state index is 12.6. The molecule has 1 fully saturated rings. The first-order valence-corrected chi connectivity index (χ1v) is 10.1. The maximum atomic E-state index is 12.6. The van der Waals surface area contributed by atoms with E-state index in [1.54, 1.807) is 18.2 Å². The van der Waals surface area contributed by atoms with E-state index in [1.807, 2.05) is 19.1 Å².